The molecule has 56 heavy (non-hydrogen) atoms. The Balaban J connectivity index is 0.000000206. The summed E-state index contributed by atoms with van der Waals surface area (Å²) in [6.45, 7) is 10.8. The molecule has 0 atom stereocenters. The lowest BCUT2D eigenvalue weighted by atomic mass is 9.85. The average Bonchev–Trinajstić information content (AvgIpc) is 3.64. The van der Waals surface area contributed by atoms with Gasteiger partial charge < -0.3 is 19.3 Å². The number of anilines is 4. The van der Waals surface area contributed by atoms with Gasteiger partial charge in [-0.05, 0) is 87.4 Å². The summed E-state index contributed by atoms with van der Waals surface area (Å²) < 4.78 is 51.0. The van der Waals surface area contributed by atoms with Crippen LogP contribution in [0, 0.1) is 12.7 Å². The number of imide groups is 1. The summed E-state index contributed by atoms with van der Waals surface area (Å²) in [4.78, 5) is 38.9. The molecule has 4 aliphatic heterocycles. The van der Waals surface area contributed by atoms with Gasteiger partial charge in [-0.2, -0.15) is 0 Å². The molecule has 3 aromatic carbocycles. The zero-order valence-corrected chi connectivity index (χ0v) is 33.9. The van der Waals surface area contributed by atoms with E-state index in [2.05, 4.69) is 48.9 Å². The lowest BCUT2D eigenvalue weighted by Gasteiger charge is -2.38. The number of fused-ring (bicyclic) bond motifs is 4. The maximum Gasteiger partial charge on any atom is 0.421 e. The van der Waals surface area contributed by atoms with Gasteiger partial charge in [-0.3, -0.25) is 9.78 Å². The smallest absolute Gasteiger partial charge is 0.421 e. The number of carbonyl (C=O) groups is 2. The van der Waals surface area contributed by atoms with E-state index in [1.807, 2.05) is 37.3 Å². The first-order valence-corrected chi connectivity index (χ1v) is 21.0. The lowest BCUT2D eigenvalue weighted by Crippen LogP contribution is -2.54. The SMILES string of the molecule is CC(C)(C)OC(=O)N1C(=O)Cc2ccc(Br)cc21.Cc1c(-c2ccccn2)nc2cc(F)ccc2c1N1CC2(CS(=O)(=O)C2)c2ccc(N3CCOCC3)cc21. The van der Waals surface area contributed by atoms with Crippen molar-refractivity contribution in [1.29, 1.82) is 0 Å². The minimum atomic E-state index is -3.09. The number of sulfone groups is 1. The summed E-state index contributed by atoms with van der Waals surface area (Å²) in [6, 6.07) is 22.2. The van der Waals surface area contributed by atoms with Crippen LogP contribution in [0.1, 0.15) is 37.5 Å². The number of carbonyl (C=O) groups excluding carboxylic acids is 2. The molecule has 0 unspecified atom stereocenters. The summed E-state index contributed by atoms with van der Waals surface area (Å²) in [5, 5.41) is 0.825. The fraction of sp³-hybridized carbons (Fsp3) is 0.333. The van der Waals surface area contributed by atoms with Crippen LogP contribution in [0.4, 0.5) is 31.9 Å². The van der Waals surface area contributed by atoms with Gasteiger partial charge in [0.1, 0.15) is 11.4 Å². The molecule has 2 saturated heterocycles. The highest BCUT2D eigenvalue weighted by molar-refractivity contribution is 9.10. The molecule has 0 radical (unpaired) electrons. The van der Waals surface area contributed by atoms with E-state index in [4.69, 9.17) is 14.5 Å². The van der Waals surface area contributed by atoms with Crippen LogP contribution in [0.5, 0.6) is 0 Å². The van der Waals surface area contributed by atoms with Gasteiger partial charge >= 0.3 is 6.09 Å². The number of benzene rings is 3. The fourth-order valence-corrected chi connectivity index (χ4v) is 10.6. The van der Waals surface area contributed by atoms with Crippen molar-refractivity contribution >= 4 is 71.4 Å². The number of hydrogen-bond acceptors (Lipinski definition) is 10. The number of hydrogen-bond donors (Lipinski definition) is 0. The first-order chi connectivity index (χ1) is 26.6. The van der Waals surface area contributed by atoms with Crippen LogP contribution in [0.25, 0.3) is 22.3 Å². The van der Waals surface area contributed by atoms with Gasteiger partial charge in [-0.1, -0.05) is 34.1 Å². The van der Waals surface area contributed by atoms with Crippen LogP contribution in [0.15, 0.2) is 83.5 Å². The number of rotatable bonds is 3. The van der Waals surface area contributed by atoms with E-state index in [9.17, 15) is 22.4 Å². The van der Waals surface area contributed by atoms with Gasteiger partial charge in [0.25, 0.3) is 0 Å². The second kappa shape index (κ2) is 14.2. The molecule has 2 amide bonds. The number of morpholine rings is 1. The highest BCUT2D eigenvalue weighted by Gasteiger charge is 2.56. The predicted molar refractivity (Wildman–Crippen MR) is 218 cm³/mol. The quantitative estimate of drug-likeness (QED) is 0.179. The van der Waals surface area contributed by atoms with Crippen LogP contribution in [-0.2, 0) is 35.9 Å². The van der Waals surface area contributed by atoms with Crippen LogP contribution in [0.3, 0.4) is 0 Å². The second-order valence-corrected chi connectivity index (χ2v) is 18.6. The summed E-state index contributed by atoms with van der Waals surface area (Å²) in [5.41, 5.74) is 7.26. The van der Waals surface area contributed by atoms with Crippen molar-refractivity contribution in [2.24, 2.45) is 0 Å². The highest BCUT2D eigenvalue weighted by atomic mass is 79.9. The van der Waals surface area contributed by atoms with Crippen LogP contribution in [0.2, 0.25) is 0 Å². The van der Waals surface area contributed by atoms with E-state index < -0.39 is 26.9 Å². The maximum absolute atomic E-state index is 14.4. The molecule has 0 bridgehead atoms. The Morgan fingerprint density at radius 2 is 1.75 bits per heavy atom. The number of amides is 2. The minimum Gasteiger partial charge on any atom is -0.443 e. The highest BCUT2D eigenvalue weighted by Crippen LogP contribution is 2.53. The van der Waals surface area contributed by atoms with Crippen LogP contribution < -0.4 is 14.7 Å². The molecule has 290 valence electrons. The fourth-order valence-electron chi connectivity index (χ4n) is 8.12. The molecule has 2 fully saturated rings. The zero-order chi connectivity index (χ0) is 39.6. The molecule has 14 heteroatoms. The molecule has 9 rings (SSSR count). The molecule has 0 aliphatic carbocycles. The maximum atomic E-state index is 14.4. The number of pyridine rings is 2. The van der Waals surface area contributed by atoms with Crippen molar-refractivity contribution in [2.45, 2.75) is 45.1 Å². The third-order valence-corrected chi connectivity index (χ3v) is 12.9. The third-order valence-electron chi connectivity index (χ3n) is 10.5. The van der Waals surface area contributed by atoms with Gasteiger partial charge in [0.05, 0.1) is 59.4 Å². The van der Waals surface area contributed by atoms with E-state index in [1.165, 1.54) is 12.1 Å². The molecule has 0 N–H and O–H groups in total. The Hall–Kier alpha value is -4.92. The van der Waals surface area contributed by atoms with E-state index in [0.29, 0.717) is 42.4 Å². The average molecular weight is 843 g/mol. The monoisotopic (exact) mass is 841 g/mol. The van der Waals surface area contributed by atoms with Gasteiger partial charge in [-0.15, -0.1) is 0 Å². The summed E-state index contributed by atoms with van der Waals surface area (Å²) in [7, 11) is -3.09. The van der Waals surface area contributed by atoms with E-state index in [1.54, 1.807) is 39.1 Å². The summed E-state index contributed by atoms with van der Waals surface area (Å²) in [6.07, 6.45) is 1.34. The molecular weight excluding hydrogens is 801 g/mol. The minimum absolute atomic E-state index is 0.129. The number of aromatic nitrogens is 2. The van der Waals surface area contributed by atoms with Crippen LogP contribution in [-0.4, -0.2) is 80.3 Å². The van der Waals surface area contributed by atoms with Crippen LogP contribution >= 0.6 is 15.9 Å². The van der Waals surface area contributed by atoms with E-state index in [0.717, 1.165) is 61.6 Å². The molecule has 0 saturated carbocycles. The predicted octanol–water partition coefficient (Wildman–Crippen LogP) is 7.67. The first-order valence-electron chi connectivity index (χ1n) is 18.4. The Morgan fingerprint density at radius 1 is 0.982 bits per heavy atom. The summed E-state index contributed by atoms with van der Waals surface area (Å²) in [5.74, 6) is -0.351. The Labute approximate surface area is 333 Å². The standard InChI is InChI=1S/C29H27FN4O3S.C13H14BrNO3/c1-19-27(24-4-2-3-9-31-24)32-25-14-20(30)5-7-22(25)28(19)34-16-29(17-38(35,36)18-29)23-8-6-21(15-26(23)34)33-10-12-37-13-11-33;1-13(2,3)18-12(17)15-10-7-9(14)5-4-8(10)6-11(15)16/h2-9,14-15H,10-13,16-18H2,1H3;4-5,7H,6H2,1-3H3. The van der Waals surface area contributed by atoms with Crippen molar-refractivity contribution < 1.29 is 31.9 Å². The number of ether oxygens (including phenoxy) is 2. The molecule has 6 heterocycles. The zero-order valence-electron chi connectivity index (χ0n) is 31.5. The van der Waals surface area contributed by atoms with Gasteiger partial charge in [0.2, 0.25) is 5.91 Å². The largest absolute Gasteiger partial charge is 0.443 e. The normalized spacial score (nSPS) is 18.0. The number of halogens is 2. The van der Waals surface area contributed by atoms with Crippen molar-refractivity contribution in [2.75, 3.05) is 59.1 Å². The third kappa shape index (κ3) is 7.14. The van der Waals surface area contributed by atoms with Crippen molar-refractivity contribution in [3.63, 3.8) is 0 Å². The van der Waals surface area contributed by atoms with Crippen molar-refractivity contribution in [3.8, 4) is 11.4 Å². The van der Waals surface area contributed by atoms with E-state index in [-0.39, 0.29) is 29.7 Å². The molecule has 1 spiro atoms. The molecule has 2 aromatic heterocycles. The summed E-state index contributed by atoms with van der Waals surface area (Å²) >= 11 is 3.33. The topological polar surface area (TPSA) is 122 Å². The first kappa shape index (κ1) is 38.0. The Morgan fingerprint density at radius 3 is 2.45 bits per heavy atom. The molecular formula is C42H41BrFN5O6S. The van der Waals surface area contributed by atoms with Gasteiger partial charge in [0.15, 0.2) is 9.84 Å². The van der Waals surface area contributed by atoms with E-state index >= 15 is 0 Å². The Bertz CT molecular complexity index is 2490. The van der Waals surface area contributed by atoms with Gasteiger partial charge in [-0.25, -0.2) is 27.5 Å². The van der Waals surface area contributed by atoms with Crippen molar-refractivity contribution in [1.82, 2.24) is 9.97 Å². The molecule has 5 aromatic rings. The second-order valence-electron chi connectivity index (χ2n) is 15.7. The molecule has 11 nitrogen and oxygen atoms in total. The Kier molecular flexibility index (Phi) is 9.65. The van der Waals surface area contributed by atoms with Crippen molar-refractivity contribution in [3.05, 3.63) is 106 Å². The molecule has 4 aliphatic rings. The number of nitrogens with zero attached hydrogens (tertiary/aromatic N) is 5. The lowest BCUT2D eigenvalue weighted by molar-refractivity contribution is -0.117. The van der Waals surface area contributed by atoms with Gasteiger partial charge in [0, 0.05) is 64.1 Å².